The van der Waals surface area contributed by atoms with Gasteiger partial charge in [0.2, 0.25) is 0 Å². The Morgan fingerprint density at radius 2 is 2.20 bits per heavy atom. The van der Waals surface area contributed by atoms with E-state index >= 15 is 0 Å². The van der Waals surface area contributed by atoms with Gasteiger partial charge in [-0.3, -0.25) is 4.79 Å². The quantitative estimate of drug-likeness (QED) is 0.846. The lowest BCUT2D eigenvalue weighted by atomic mass is 10.1. The van der Waals surface area contributed by atoms with E-state index in [0.29, 0.717) is 22.9 Å². The Balaban J connectivity index is 1.70. The number of pyridine rings is 1. The van der Waals surface area contributed by atoms with E-state index in [1.54, 1.807) is 18.3 Å². The first kappa shape index (κ1) is 17.7. The molecular weight excluding hydrogens is 338 g/mol. The second-order valence-electron chi connectivity index (χ2n) is 6.34. The first-order valence-electron chi connectivity index (χ1n) is 8.42. The van der Waals surface area contributed by atoms with Crippen LogP contribution in [0.2, 0.25) is 5.02 Å². The zero-order chi connectivity index (χ0) is 17.8. The van der Waals surface area contributed by atoms with E-state index in [-0.39, 0.29) is 12.0 Å². The third-order valence-corrected chi connectivity index (χ3v) is 4.52. The number of anilines is 2. The summed E-state index contributed by atoms with van der Waals surface area (Å²) in [7, 11) is 0. The number of carbonyl (C=O) groups excluding carboxylic acids is 1. The molecule has 1 atom stereocenters. The number of carbonyl (C=O) groups is 1. The molecule has 3 rings (SSSR count). The van der Waals surface area contributed by atoms with Crippen molar-refractivity contribution in [2.75, 3.05) is 18.5 Å². The van der Waals surface area contributed by atoms with Crippen LogP contribution in [0.5, 0.6) is 0 Å². The van der Waals surface area contributed by atoms with E-state index < -0.39 is 0 Å². The Morgan fingerprint density at radius 1 is 1.36 bits per heavy atom. The molecule has 5 nitrogen and oxygen atoms in total. The minimum Gasteiger partial charge on any atom is -0.376 e. The van der Waals surface area contributed by atoms with Crippen LogP contribution in [0.15, 0.2) is 30.5 Å². The molecule has 6 heteroatoms. The van der Waals surface area contributed by atoms with Gasteiger partial charge in [-0.1, -0.05) is 17.7 Å². The van der Waals surface area contributed by atoms with Crippen molar-refractivity contribution in [3.8, 4) is 0 Å². The molecule has 0 radical (unpaired) electrons. The Bertz CT molecular complexity index is 750. The van der Waals surface area contributed by atoms with Gasteiger partial charge < -0.3 is 15.4 Å². The number of nitrogens with zero attached hydrogens (tertiary/aromatic N) is 1. The maximum absolute atomic E-state index is 12.3. The first-order chi connectivity index (χ1) is 12.0. The van der Waals surface area contributed by atoms with Crippen molar-refractivity contribution in [1.82, 2.24) is 10.3 Å². The van der Waals surface area contributed by atoms with E-state index in [4.69, 9.17) is 16.3 Å². The van der Waals surface area contributed by atoms with Crippen molar-refractivity contribution in [2.45, 2.75) is 32.8 Å². The highest BCUT2D eigenvalue weighted by molar-refractivity contribution is 6.33. The van der Waals surface area contributed by atoms with E-state index in [0.717, 1.165) is 36.3 Å². The summed E-state index contributed by atoms with van der Waals surface area (Å²) in [6, 6.07) is 7.36. The summed E-state index contributed by atoms with van der Waals surface area (Å²) in [4.78, 5) is 16.6. The van der Waals surface area contributed by atoms with Crippen molar-refractivity contribution < 1.29 is 9.53 Å². The molecule has 1 aromatic carbocycles. The topological polar surface area (TPSA) is 63.2 Å². The highest BCUT2D eigenvalue weighted by Crippen LogP contribution is 2.29. The lowest BCUT2D eigenvalue weighted by Crippen LogP contribution is -2.31. The average Bonchev–Trinajstić information content (AvgIpc) is 3.10. The van der Waals surface area contributed by atoms with Crippen LogP contribution in [0.25, 0.3) is 0 Å². The Hall–Kier alpha value is -2.11. The van der Waals surface area contributed by atoms with Crippen molar-refractivity contribution in [2.24, 2.45) is 0 Å². The number of halogens is 1. The number of hydrogen-bond acceptors (Lipinski definition) is 4. The molecule has 2 heterocycles. The van der Waals surface area contributed by atoms with Gasteiger partial charge in [-0.25, -0.2) is 4.98 Å². The van der Waals surface area contributed by atoms with Crippen LogP contribution in [0.4, 0.5) is 11.5 Å². The first-order valence-corrected chi connectivity index (χ1v) is 8.80. The van der Waals surface area contributed by atoms with Crippen LogP contribution >= 0.6 is 11.6 Å². The average molecular weight is 360 g/mol. The van der Waals surface area contributed by atoms with Crippen molar-refractivity contribution in [3.63, 3.8) is 0 Å². The van der Waals surface area contributed by atoms with Crippen LogP contribution in [0.1, 0.15) is 34.3 Å². The Labute approximate surface area is 152 Å². The smallest absolute Gasteiger partial charge is 0.251 e. The molecule has 1 aromatic heterocycles. The lowest BCUT2D eigenvalue weighted by molar-refractivity contribution is 0.0857. The number of hydrogen-bond donors (Lipinski definition) is 2. The molecule has 2 N–H and O–H groups in total. The van der Waals surface area contributed by atoms with Crippen molar-refractivity contribution >= 4 is 29.0 Å². The molecule has 25 heavy (non-hydrogen) atoms. The van der Waals surface area contributed by atoms with Crippen molar-refractivity contribution in [1.29, 1.82) is 0 Å². The van der Waals surface area contributed by atoms with E-state index in [2.05, 4.69) is 15.6 Å². The molecule has 0 aliphatic carbocycles. The van der Waals surface area contributed by atoms with Gasteiger partial charge in [0, 0.05) is 24.9 Å². The molecule has 1 aliphatic heterocycles. The second-order valence-corrected chi connectivity index (χ2v) is 6.75. The maximum atomic E-state index is 12.3. The fraction of sp³-hybridized carbons (Fsp3) is 0.368. The number of nitrogens with one attached hydrogen (secondary N) is 2. The number of aromatic nitrogens is 1. The number of ether oxygens (including phenoxy) is 1. The molecule has 1 aliphatic rings. The number of benzene rings is 1. The summed E-state index contributed by atoms with van der Waals surface area (Å²) in [5.41, 5.74) is 3.48. The summed E-state index contributed by atoms with van der Waals surface area (Å²) in [6.45, 7) is 5.30. The summed E-state index contributed by atoms with van der Waals surface area (Å²) in [5, 5.41) is 6.76. The third-order valence-electron chi connectivity index (χ3n) is 4.22. The van der Waals surface area contributed by atoms with E-state index in [9.17, 15) is 4.79 Å². The van der Waals surface area contributed by atoms with Crippen LogP contribution in [-0.4, -0.2) is 30.1 Å². The summed E-state index contributed by atoms with van der Waals surface area (Å²) < 4.78 is 5.52. The van der Waals surface area contributed by atoms with Gasteiger partial charge in [-0.15, -0.1) is 0 Å². The number of aryl methyl sites for hydroxylation is 2. The van der Waals surface area contributed by atoms with Gasteiger partial charge in [-0.2, -0.15) is 0 Å². The molecule has 1 unspecified atom stereocenters. The zero-order valence-electron chi connectivity index (χ0n) is 14.4. The monoisotopic (exact) mass is 359 g/mol. The molecule has 0 bridgehead atoms. The van der Waals surface area contributed by atoms with E-state index in [1.807, 2.05) is 26.0 Å². The third kappa shape index (κ3) is 4.50. The minimum absolute atomic E-state index is 0.123. The largest absolute Gasteiger partial charge is 0.376 e. The van der Waals surface area contributed by atoms with Gasteiger partial charge >= 0.3 is 0 Å². The fourth-order valence-corrected chi connectivity index (χ4v) is 3.32. The van der Waals surface area contributed by atoms with Crippen LogP contribution in [0.3, 0.4) is 0 Å². The van der Waals surface area contributed by atoms with Gasteiger partial charge in [0.15, 0.2) is 0 Å². The molecule has 2 aromatic rings. The number of rotatable bonds is 5. The van der Waals surface area contributed by atoms with Crippen LogP contribution < -0.4 is 10.6 Å². The van der Waals surface area contributed by atoms with Gasteiger partial charge in [0.05, 0.1) is 16.8 Å². The predicted molar refractivity (Wildman–Crippen MR) is 99.8 cm³/mol. The number of amides is 1. The normalized spacial score (nSPS) is 16.7. The van der Waals surface area contributed by atoms with Crippen LogP contribution in [0, 0.1) is 13.8 Å². The highest BCUT2D eigenvalue weighted by atomic mass is 35.5. The van der Waals surface area contributed by atoms with Gasteiger partial charge in [-0.05, 0) is 56.0 Å². The standard InChI is InChI=1S/C19H22ClN3O2/c1-12-8-13(2)18(16(20)9-12)23-17-10-14(5-6-21-17)19(24)22-11-15-4-3-7-25-15/h5-6,8-10,15H,3-4,7,11H2,1-2H3,(H,21,23)(H,22,24). The molecule has 0 spiro atoms. The zero-order valence-corrected chi connectivity index (χ0v) is 15.2. The SMILES string of the molecule is Cc1cc(C)c(Nc2cc(C(=O)NCC3CCCO3)ccn2)c(Cl)c1. The molecular formula is C19H22ClN3O2. The minimum atomic E-state index is -0.132. The molecule has 0 saturated carbocycles. The van der Waals surface area contributed by atoms with Gasteiger partial charge in [0.1, 0.15) is 5.82 Å². The second kappa shape index (κ2) is 7.85. The maximum Gasteiger partial charge on any atom is 0.251 e. The summed E-state index contributed by atoms with van der Waals surface area (Å²) >= 11 is 6.33. The van der Waals surface area contributed by atoms with Gasteiger partial charge in [0.25, 0.3) is 5.91 Å². The summed E-state index contributed by atoms with van der Waals surface area (Å²) in [5.74, 6) is 0.450. The predicted octanol–water partition coefficient (Wildman–Crippen LogP) is 4.00. The molecule has 1 saturated heterocycles. The highest BCUT2D eigenvalue weighted by Gasteiger charge is 2.17. The van der Waals surface area contributed by atoms with Crippen molar-refractivity contribution in [3.05, 3.63) is 52.2 Å². The van der Waals surface area contributed by atoms with E-state index in [1.165, 1.54) is 0 Å². The molecule has 132 valence electrons. The summed E-state index contributed by atoms with van der Waals surface area (Å²) in [6.07, 6.45) is 3.79. The Kier molecular flexibility index (Phi) is 5.56. The molecule has 1 fully saturated rings. The fourth-order valence-electron chi connectivity index (χ4n) is 2.96. The molecule has 1 amide bonds. The van der Waals surface area contributed by atoms with Crippen LogP contribution in [-0.2, 0) is 4.74 Å². The lowest BCUT2D eigenvalue weighted by Gasteiger charge is -2.13. The Morgan fingerprint density at radius 3 is 2.92 bits per heavy atom.